The molecule has 0 N–H and O–H groups in total. The van der Waals surface area contributed by atoms with Gasteiger partial charge in [-0.2, -0.15) is 8.78 Å². The van der Waals surface area contributed by atoms with E-state index in [1.807, 2.05) is 0 Å². The van der Waals surface area contributed by atoms with Gasteiger partial charge in [-0.05, 0) is 30.8 Å². The van der Waals surface area contributed by atoms with E-state index in [2.05, 4.69) is 26.9 Å². The van der Waals surface area contributed by atoms with Crippen molar-refractivity contribution in [3.05, 3.63) is 41.9 Å². The zero-order chi connectivity index (χ0) is 19.8. The average molecular weight is 404 g/mol. The van der Waals surface area contributed by atoms with Gasteiger partial charge in [-0.3, -0.25) is 9.38 Å². The summed E-state index contributed by atoms with van der Waals surface area (Å²) in [5.74, 6) is -3.36. The Labute approximate surface area is 156 Å². The predicted molar refractivity (Wildman–Crippen MR) is 90.9 cm³/mol. The number of ether oxygens (including phenoxy) is 1. The lowest BCUT2D eigenvalue weighted by Crippen LogP contribution is -2.41. The Bertz CT molecular complexity index is 927. The number of rotatable bonds is 6. The molecule has 2 heterocycles. The maximum absolute atomic E-state index is 13.4. The second kappa shape index (κ2) is 6.91. The van der Waals surface area contributed by atoms with Crippen LogP contribution in [0.2, 0.25) is 0 Å². The molecule has 0 bridgehead atoms. The van der Waals surface area contributed by atoms with Gasteiger partial charge in [0.1, 0.15) is 6.10 Å². The van der Waals surface area contributed by atoms with E-state index in [1.54, 1.807) is 13.0 Å². The predicted octanol–water partition coefficient (Wildman–Crippen LogP) is 4.17. The molecule has 2 aromatic heterocycles. The largest absolute Gasteiger partial charge is 0.474 e. The second-order valence-corrected chi connectivity index (χ2v) is 6.51. The highest BCUT2D eigenvalue weighted by Gasteiger charge is 2.47. The molecular weight excluding hydrogens is 390 g/mol. The van der Waals surface area contributed by atoms with Crippen LogP contribution in [-0.4, -0.2) is 38.3 Å². The number of aliphatic imine (C=N–C) groups is 1. The molecule has 0 radical (unpaired) electrons. The first-order chi connectivity index (χ1) is 12.6. The SMILES string of the molecule is C=N/C(=C\C=C(/C)c1cn2c(C(F)(F)Cl)nnc2cn1)OC1CC(F)(F)C1. The van der Waals surface area contributed by atoms with Crippen molar-refractivity contribution in [2.24, 2.45) is 4.99 Å². The molecule has 0 saturated heterocycles. The Kier molecular flexibility index (Phi) is 4.94. The molecular formula is C16H14ClF4N5O. The van der Waals surface area contributed by atoms with E-state index < -0.39 is 23.2 Å². The number of fused-ring (bicyclic) bond motifs is 1. The summed E-state index contributed by atoms with van der Waals surface area (Å²) >= 11 is 5.03. The van der Waals surface area contributed by atoms with Gasteiger partial charge < -0.3 is 4.74 Å². The number of hydrogen-bond acceptors (Lipinski definition) is 5. The van der Waals surface area contributed by atoms with Crippen LogP contribution in [0.1, 0.15) is 31.3 Å². The van der Waals surface area contributed by atoms with E-state index in [0.29, 0.717) is 11.3 Å². The zero-order valence-corrected chi connectivity index (χ0v) is 14.8. The molecule has 27 heavy (non-hydrogen) atoms. The molecule has 3 rings (SSSR count). The first-order valence-electron chi connectivity index (χ1n) is 7.77. The van der Waals surface area contributed by atoms with Crippen LogP contribution in [0.4, 0.5) is 17.6 Å². The van der Waals surface area contributed by atoms with Gasteiger partial charge in [0.25, 0.3) is 5.92 Å². The summed E-state index contributed by atoms with van der Waals surface area (Å²) in [5, 5.41) is 3.27. The Morgan fingerprint density at radius 1 is 1.41 bits per heavy atom. The fraction of sp³-hybridized carbons (Fsp3) is 0.375. The summed E-state index contributed by atoms with van der Waals surface area (Å²) in [6.07, 6.45) is 4.22. The molecule has 0 spiro atoms. The summed E-state index contributed by atoms with van der Waals surface area (Å²) < 4.78 is 58.8. The van der Waals surface area contributed by atoms with Crippen LogP contribution in [0.25, 0.3) is 11.2 Å². The number of aromatic nitrogens is 4. The summed E-state index contributed by atoms with van der Waals surface area (Å²) in [6.45, 7) is 5.01. The molecule has 11 heteroatoms. The maximum Gasteiger partial charge on any atom is 0.382 e. The van der Waals surface area contributed by atoms with Gasteiger partial charge in [0.2, 0.25) is 11.7 Å². The van der Waals surface area contributed by atoms with Crippen LogP contribution >= 0.6 is 11.6 Å². The maximum atomic E-state index is 13.4. The lowest BCUT2D eigenvalue weighted by atomic mass is 9.91. The molecule has 1 aliphatic rings. The van der Waals surface area contributed by atoms with Crippen molar-refractivity contribution in [1.82, 2.24) is 19.6 Å². The van der Waals surface area contributed by atoms with Crippen molar-refractivity contribution in [1.29, 1.82) is 0 Å². The van der Waals surface area contributed by atoms with Gasteiger partial charge in [-0.15, -0.1) is 10.2 Å². The minimum absolute atomic E-state index is 0.0770. The first kappa shape index (κ1) is 19.3. The number of hydrogen-bond donors (Lipinski definition) is 0. The van der Waals surface area contributed by atoms with E-state index in [0.717, 1.165) is 4.40 Å². The highest BCUT2D eigenvalue weighted by molar-refractivity contribution is 6.21. The van der Waals surface area contributed by atoms with E-state index in [-0.39, 0.29) is 24.4 Å². The van der Waals surface area contributed by atoms with E-state index in [1.165, 1.54) is 18.5 Å². The monoisotopic (exact) mass is 403 g/mol. The molecule has 0 atom stereocenters. The summed E-state index contributed by atoms with van der Waals surface area (Å²) in [6, 6.07) is 0. The van der Waals surface area contributed by atoms with Crippen molar-refractivity contribution >= 4 is 29.5 Å². The van der Waals surface area contributed by atoms with E-state index in [4.69, 9.17) is 16.3 Å². The average Bonchev–Trinajstić information content (AvgIpc) is 2.99. The van der Waals surface area contributed by atoms with Gasteiger partial charge in [0.15, 0.2) is 5.65 Å². The fourth-order valence-corrected chi connectivity index (χ4v) is 2.60. The lowest BCUT2D eigenvalue weighted by molar-refractivity contribution is -0.151. The third-order valence-corrected chi connectivity index (χ3v) is 4.09. The van der Waals surface area contributed by atoms with Crippen LogP contribution in [0.3, 0.4) is 0 Å². The standard InChI is InChI=1S/C16H14ClF4N5O/c1-9(3-4-13(22-2)27-10-5-15(18,19)6-10)11-8-26-12(7-23-11)24-25-14(26)16(17,20)21/h3-4,7-8,10H,2,5-6H2,1H3/b9-3+,13-4+. The third kappa shape index (κ3) is 4.26. The quantitative estimate of drug-likeness (QED) is 0.239. The van der Waals surface area contributed by atoms with Gasteiger partial charge in [-0.1, -0.05) is 6.08 Å². The first-order valence-corrected chi connectivity index (χ1v) is 8.15. The molecule has 2 aromatic rings. The fourth-order valence-electron chi connectivity index (χ4n) is 2.47. The van der Waals surface area contributed by atoms with Crippen molar-refractivity contribution in [2.45, 2.75) is 37.2 Å². The Hall–Kier alpha value is -2.49. The van der Waals surface area contributed by atoms with Gasteiger partial charge in [0, 0.05) is 25.1 Å². The Balaban J connectivity index is 1.81. The van der Waals surface area contributed by atoms with Crippen LogP contribution in [0.15, 0.2) is 35.4 Å². The summed E-state index contributed by atoms with van der Waals surface area (Å²) in [5.41, 5.74) is 1.03. The molecule has 0 amide bonds. The van der Waals surface area contributed by atoms with E-state index in [9.17, 15) is 17.6 Å². The third-order valence-electron chi connectivity index (χ3n) is 3.92. The lowest BCUT2D eigenvalue weighted by Gasteiger charge is -2.34. The molecule has 6 nitrogen and oxygen atoms in total. The van der Waals surface area contributed by atoms with Crippen molar-refractivity contribution in [3.63, 3.8) is 0 Å². The molecule has 1 aliphatic carbocycles. The minimum Gasteiger partial charge on any atom is -0.474 e. The molecule has 1 fully saturated rings. The van der Waals surface area contributed by atoms with Crippen LogP contribution in [-0.2, 0) is 10.1 Å². The number of nitrogens with zero attached hydrogens (tertiary/aromatic N) is 5. The van der Waals surface area contributed by atoms with Gasteiger partial charge in [-0.25, -0.2) is 13.8 Å². The highest BCUT2D eigenvalue weighted by Crippen LogP contribution is 2.40. The number of halogens is 5. The van der Waals surface area contributed by atoms with Crippen LogP contribution in [0, 0.1) is 0 Å². The molecule has 0 aliphatic heterocycles. The topological polar surface area (TPSA) is 64.7 Å². The molecule has 144 valence electrons. The normalized spacial score (nSPS) is 18.4. The number of allylic oxidation sites excluding steroid dienone is 3. The van der Waals surface area contributed by atoms with Crippen molar-refractivity contribution < 1.29 is 22.3 Å². The highest BCUT2D eigenvalue weighted by atomic mass is 35.5. The molecule has 0 unspecified atom stereocenters. The van der Waals surface area contributed by atoms with Crippen LogP contribution < -0.4 is 0 Å². The van der Waals surface area contributed by atoms with Crippen molar-refractivity contribution in [3.8, 4) is 0 Å². The smallest absolute Gasteiger partial charge is 0.382 e. The van der Waals surface area contributed by atoms with Crippen molar-refractivity contribution in [2.75, 3.05) is 0 Å². The summed E-state index contributed by atoms with van der Waals surface area (Å²) in [7, 11) is 0. The van der Waals surface area contributed by atoms with Crippen LogP contribution in [0.5, 0.6) is 0 Å². The number of alkyl halides is 5. The minimum atomic E-state index is -3.69. The van der Waals surface area contributed by atoms with Gasteiger partial charge in [0.05, 0.1) is 11.9 Å². The van der Waals surface area contributed by atoms with Gasteiger partial charge >= 0.3 is 5.38 Å². The zero-order valence-electron chi connectivity index (χ0n) is 14.0. The molecule has 1 saturated carbocycles. The van der Waals surface area contributed by atoms with E-state index >= 15 is 0 Å². The Morgan fingerprint density at radius 3 is 2.70 bits per heavy atom. The Morgan fingerprint density at radius 2 is 2.11 bits per heavy atom. The summed E-state index contributed by atoms with van der Waals surface area (Å²) in [4.78, 5) is 7.77. The second-order valence-electron chi connectivity index (χ2n) is 6.04. The molecule has 0 aromatic carbocycles.